The van der Waals surface area contributed by atoms with Gasteiger partial charge >= 0.3 is 0 Å². The molecule has 3 N–H and O–H groups in total. The van der Waals surface area contributed by atoms with Crippen LogP contribution in [0, 0.1) is 5.92 Å². The Bertz CT molecular complexity index is 1050. The van der Waals surface area contributed by atoms with Gasteiger partial charge in [0.1, 0.15) is 11.8 Å². The maximum absolute atomic E-state index is 12.8. The number of hydrogen-bond donors (Lipinski definition) is 3. The average Bonchev–Trinajstić information content (AvgIpc) is 2.86. The monoisotopic (exact) mass is 459 g/mol. The number of benzene rings is 3. The molecule has 0 aromatic heterocycles. The normalized spacial score (nSPS) is 11.5. The summed E-state index contributed by atoms with van der Waals surface area (Å²) < 4.78 is 5.15. The first-order chi connectivity index (χ1) is 16.5. The lowest BCUT2D eigenvalue weighted by Gasteiger charge is -2.20. The summed E-state index contributed by atoms with van der Waals surface area (Å²) in [6, 6.07) is 24.4. The zero-order valence-electron chi connectivity index (χ0n) is 20.0. The van der Waals surface area contributed by atoms with Gasteiger partial charge in [-0.2, -0.15) is 0 Å². The SMILES string of the molecule is COc1ccc(NCCNC(=O)[C@H](CC(C)C)NC(=O)c2ccc(-c3ccccc3)cc2)cc1. The van der Waals surface area contributed by atoms with Crippen LogP contribution in [0.1, 0.15) is 30.6 Å². The highest BCUT2D eigenvalue weighted by molar-refractivity contribution is 5.97. The number of carbonyl (C=O) groups is 2. The van der Waals surface area contributed by atoms with E-state index in [-0.39, 0.29) is 17.7 Å². The first-order valence-corrected chi connectivity index (χ1v) is 11.6. The van der Waals surface area contributed by atoms with Gasteiger partial charge in [0.05, 0.1) is 7.11 Å². The van der Waals surface area contributed by atoms with Crippen LogP contribution in [0.15, 0.2) is 78.9 Å². The molecule has 6 nitrogen and oxygen atoms in total. The van der Waals surface area contributed by atoms with Crippen molar-refractivity contribution in [2.75, 3.05) is 25.5 Å². The van der Waals surface area contributed by atoms with Crippen molar-refractivity contribution in [1.82, 2.24) is 10.6 Å². The summed E-state index contributed by atoms with van der Waals surface area (Å²) in [7, 11) is 1.63. The average molecular weight is 460 g/mol. The van der Waals surface area contributed by atoms with Crippen LogP contribution in [0.3, 0.4) is 0 Å². The van der Waals surface area contributed by atoms with Gasteiger partial charge in [-0.3, -0.25) is 9.59 Å². The minimum atomic E-state index is -0.595. The number of nitrogens with one attached hydrogen (secondary N) is 3. The third-order valence-electron chi connectivity index (χ3n) is 5.43. The molecule has 0 saturated carbocycles. The molecule has 0 bridgehead atoms. The predicted octanol–water partition coefficient (Wildman–Crippen LogP) is 4.74. The molecule has 178 valence electrons. The van der Waals surface area contributed by atoms with E-state index in [1.807, 2.05) is 80.6 Å². The fourth-order valence-electron chi connectivity index (χ4n) is 3.61. The second-order valence-corrected chi connectivity index (χ2v) is 8.55. The maximum atomic E-state index is 12.8. The van der Waals surface area contributed by atoms with Gasteiger partial charge in [-0.05, 0) is 59.9 Å². The van der Waals surface area contributed by atoms with Gasteiger partial charge in [0.25, 0.3) is 5.91 Å². The molecule has 0 saturated heterocycles. The number of amides is 2. The molecule has 0 unspecified atom stereocenters. The minimum absolute atomic E-state index is 0.181. The van der Waals surface area contributed by atoms with Crippen molar-refractivity contribution >= 4 is 17.5 Å². The first kappa shape index (κ1) is 24.8. The van der Waals surface area contributed by atoms with E-state index in [4.69, 9.17) is 4.74 Å². The fraction of sp³-hybridized carbons (Fsp3) is 0.286. The van der Waals surface area contributed by atoms with Crippen molar-refractivity contribution in [2.24, 2.45) is 5.92 Å². The lowest BCUT2D eigenvalue weighted by Crippen LogP contribution is -2.48. The smallest absolute Gasteiger partial charge is 0.251 e. The largest absolute Gasteiger partial charge is 0.497 e. The molecule has 6 heteroatoms. The Hall–Kier alpha value is -3.80. The van der Waals surface area contributed by atoms with Crippen LogP contribution in [0.25, 0.3) is 11.1 Å². The number of carbonyl (C=O) groups excluding carboxylic acids is 2. The Morgan fingerprint density at radius 1 is 0.824 bits per heavy atom. The molecule has 3 rings (SSSR count). The molecule has 3 aromatic carbocycles. The van der Waals surface area contributed by atoms with E-state index < -0.39 is 6.04 Å². The third-order valence-corrected chi connectivity index (χ3v) is 5.43. The van der Waals surface area contributed by atoms with Gasteiger partial charge in [0, 0.05) is 24.3 Å². The van der Waals surface area contributed by atoms with Crippen LogP contribution in [0.2, 0.25) is 0 Å². The summed E-state index contributed by atoms with van der Waals surface area (Å²) in [4.78, 5) is 25.7. The summed E-state index contributed by atoms with van der Waals surface area (Å²) in [5, 5.41) is 9.10. The van der Waals surface area contributed by atoms with E-state index >= 15 is 0 Å². The number of anilines is 1. The topological polar surface area (TPSA) is 79.5 Å². The van der Waals surface area contributed by atoms with Gasteiger partial charge < -0.3 is 20.7 Å². The molecule has 3 aromatic rings. The van der Waals surface area contributed by atoms with Crippen molar-refractivity contribution in [1.29, 1.82) is 0 Å². The number of hydrogen-bond acceptors (Lipinski definition) is 4. The van der Waals surface area contributed by atoms with Crippen LogP contribution in [-0.4, -0.2) is 38.1 Å². The quantitative estimate of drug-likeness (QED) is 0.362. The summed E-state index contributed by atoms with van der Waals surface area (Å²) in [6.45, 7) is 5.08. The van der Waals surface area contributed by atoms with Crippen molar-refractivity contribution in [3.63, 3.8) is 0 Å². The van der Waals surface area contributed by atoms with E-state index in [1.165, 1.54) is 0 Å². The summed E-state index contributed by atoms with van der Waals surface area (Å²) in [5.41, 5.74) is 3.61. The summed E-state index contributed by atoms with van der Waals surface area (Å²) >= 11 is 0. The molecule has 0 aliphatic heterocycles. The predicted molar refractivity (Wildman–Crippen MR) is 137 cm³/mol. The van der Waals surface area contributed by atoms with Gasteiger partial charge in [0.2, 0.25) is 5.91 Å². The second kappa shape index (κ2) is 12.4. The van der Waals surface area contributed by atoms with E-state index in [9.17, 15) is 9.59 Å². The highest BCUT2D eigenvalue weighted by Crippen LogP contribution is 2.19. The van der Waals surface area contributed by atoms with Gasteiger partial charge in [0.15, 0.2) is 0 Å². The number of methoxy groups -OCH3 is 1. The molecule has 0 aliphatic carbocycles. The Kier molecular flexibility index (Phi) is 9.09. The molecule has 0 fully saturated rings. The van der Waals surface area contributed by atoms with Gasteiger partial charge in [-0.1, -0.05) is 56.3 Å². The van der Waals surface area contributed by atoms with Crippen molar-refractivity contribution in [3.05, 3.63) is 84.4 Å². The lowest BCUT2D eigenvalue weighted by atomic mass is 10.0. The van der Waals surface area contributed by atoms with Crippen LogP contribution in [-0.2, 0) is 4.79 Å². The Morgan fingerprint density at radius 2 is 1.47 bits per heavy atom. The Morgan fingerprint density at radius 3 is 2.09 bits per heavy atom. The molecular weight excluding hydrogens is 426 g/mol. The zero-order chi connectivity index (χ0) is 24.3. The van der Waals surface area contributed by atoms with E-state index in [1.54, 1.807) is 19.2 Å². The second-order valence-electron chi connectivity index (χ2n) is 8.55. The van der Waals surface area contributed by atoms with Crippen LogP contribution in [0.4, 0.5) is 5.69 Å². The van der Waals surface area contributed by atoms with E-state index in [2.05, 4.69) is 16.0 Å². The van der Waals surface area contributed by atoms with E-state index in [0.717, 1.165) is 22.6 Å². The van der Waals surface area contributed by atoms with E-state index in [0.29, 0.717) is 25.1 Å². The van der Waals surface area contributed by atoms with Crippen molar-refractivity contribution in [2.45, 2.75) is 26.3 Å². The van der Waals surface area contributed by atoms with Gasteiger partial charge in [-0.25, -0.2) is 0 Å². The Balaban J connectivity index is 1.53. The molecule has 1 atom stereocenters. The standard InChI is InChI=1S/C28H33N3O3/c1-20(2)19-26(28(33)30-18-17-29-24-13-15-25(34-3)16-14-24)31-27(32)23-11-9-22(10-12-23)21-7-5-4-6-8-21/h4-16,20,26,29H,17-19H2,1-3H3,(H,30,33)(H,31,32)/t26-/m0/s1. The van der Waals surface area contributed by atoms with Crippen LogP contribution in [0.5, 0.6) is 5.75 Å². The van der Waals surface area contributed by atoms with Crippen LogP contribution >= 0.6 is 0 Å². The summed E-state index contributed by atoms with van der Waals surface area (Å²) in [6.07, 6.45) is 0.561. The highest BCUT2D eigenvalue weighted by Gasteiger charge is 2.22. The van der Waals surface area contributed by atoms with Crippen molar-refractivity contribution in [3.8, 4) is 16.9 Å². The molecule has 0 radical (unpaired) electrons. The minimum Gasteiger partial charge on any atom is -0.497 e. The number of ether oxygens (including phenoxy) is 1. The molecular formula is C28H33N3O3. The first-order valence-electron chi connectivity index (χ1n) is 11.6. The van der Waals surface area contributed by atoms with Crippen molar-refractivity contribution < 1.29 is 14.3 Å². The molecule has 2 amide bonds. The molecule has 34 heavy (non-hydrogen) atoms. The Labute approximate surface area is 201 Å². The summed E-state index contributed by atoms with van der Waals surface area (Å²) in [5.74, 6) is 0.617. The fourth-order valence-corrected chi connectivity index (χ4v) is 3.61. The van der Waals surface area contributed by atoms with Gasteiger partial charge in [-0.15, -0.1) is 0 Å². The zero-order valence-corrected chi connectivity index (χ0v) is 20.0. The van der Waals surface area contributed by atoms with Crippen LogP contribution < -0.4 is 20.7 Å². The maximum Gasteiger partial charge on any atom is 0.251 e. The highest BCUT2D eigenvalue weighted by atomic mass is 16.5. The number of rotatable bonds is 11. The lowest BCUT2D eigenvalue weighted by molar-refractivity contribution is -0.123. The molecule has 0 spiro atoms. The third kappa shape index (κ3) is 7.37. The molecule has 0 aliphatic rings. The molecule has 0 heterocycles.